The fraction of sp³-hybridized carbons (Fsp3) is 0.606. The first-order valence-electron chi connectivity index (χ1n) is 15.8. The highest BCUT2D eigenvalue weighted by atomic mass is 32.2. The van der Waals surface area contributed by atoms with Crippen molar-refractivity contribution in [1.82, 2.24) is 19.4 Å². The van der Waals surface area contributed by atoms with Crippen molar-refractivity contribution >= 4 is 26.5 Å². The molecule has 42 heavy (non-hydrogen) atoms. The van der Waals surface area contributed by atoms with Gasteiger partial charge in [-0.15, -0.1) is 0 Å². The molecule has 5 rings (SSSR count). The zero-order chi connectivity index (χ0) is 29.5. The van der Waals surface area contributed by atoms with Crippen molar-refractivity contribution in [2.45, 2.75) is 71.1 Å². The molecule has 2 fully saturated rings. The van der Waals surface area contributed by atoms with Crippen molar-refractivity contribution in [1.29, 1.82) is 0 Å². The number of aromatic nitrogens is 3. The Hall–Kier alpha value is -2.78. The van der Waals surface area contributed by atoms with Crippen molar-refractivity contribution in [3.63, 3.8) is 0 Å². The van der Waals surface area contributed by atoms with E-state index in [1.807, 2.05) is 47.3 Å². The summed E-state index contributed by atoms with van der Waals surface area (Å²) in [5, 5.41) is 0.964. The predicted molar refractivity (Wildman–Crippen MR) is 167 cm³/mol. The number of Topliss-reactive ketones (excluding diaryl/α,β-unsaturated/α-hetero) is 1. The van der Waals surface area contributed by atoms with Gasteiger partial charge in [0.1, 0.15) is 33.0 Å². The monoisotopic (exact) mass is 594 g/mol. The molecule has 0 unspecified atom stereocenters. The lowest BCUT2D eigenvalue weighted by molar-refractivity contribution is -0.125. The van der Waals surface area contributed by atoms with Crippen molar-refractivity contribution < 1.29 is 17.9 Å². The van der Waals surface area contributed by atoms with E-state index in [1.54, 1.807) is 0 Å². The Bertz CT molecular complexity index is 1440. The Balaban J connectivity index is 1.15. The molecule has 1 aromatic carbocycles. The number of rotatable bonds is 13. The molecule has 1 saturated carbocycles. The smallest absolute Gasteiger partial charge is 0.147 e. The molecule has 3 aromatic rings. The van der Waals surface area contributed by atoms with Crippen LogP contribution in [0.2, 0.25) is 0 Å². The molecular formula is C33H46N4O4S. The zero-order valence-electron chi connectivity index (χ0n) is 25.2. The molecule has 0 amide bonds. The van der Waals surface area contributed by atoms with Crippen molar-refractivity contribution in [2.24, 2.45) is 17.8 Å². The van der Waals surface area contributed by atoms with Crippen LogP contribution < -0.4 is 4.74 Å². The van der Waals surface area contributed by atoms with Gasteiger partial charge in [0, 0.05) is 49.3 Å². The summed E-state index contributed by atoms with van der Waals surface area (Å²) in [6, 6.07) is 9.83. The first-order chi connectivity index (χ1) is 20.3. The van der Waals surface area contributed by atoms with E-state index in [0.717, 1.165) is 79.9 Å². The van der Waals surface area contributed by atoms with Gasteiger partial charge in [0.15, 0.2) is 0 Å². The Morgan fingerprint density at radius 3 is 2.69 bits per heavy atom. The van der Waals surface area contributed by atoms with Gasteiger partial charge >= 0.3 is 0 Å². The third kappa shape index (κ3) is 8.19. The van der Waals surface area contributed by atoms with E-state index in [1.165, 1.54) is 32.1 Å². The topological polar surface area (TPSA) is 94.4 Å². The molecule has 1 aliphatic carbocycles. The zero-order valence-corrected chi connectivity index (χ0v) is 26.0. The quantitative estimate of drug-likeness (QED) is 0.236. The normalized spacial score (nSPS) is 21.9. The van der Waals surface area contributed by atoms with Gasteiger partial charge in [-0.05, 0) is 101 Å². The van der Waals surface area contributed by atoms with Crippen LogP contribution in [0.25, 0.3) is 16.7 Å². The summed E-state index contributed by atoms with van der Waals surface area (Å²) in [6.45, 7) is 6.03. The van der Waals surface area contributed by atoms with Crippen LogP contribution in [0.1, 0.15) is 70.5 Å². The lowest BCUT2D eigenvalue weighted by atomic mass is 9.76. The van der Waals surface area contributed by atoms with E-state index in [-0.39, 0.29) is 11.7 Å². The van der Waals surface area contributed by atoms with E-state index >= 15 is 0 Å². The Morgan fingerprint density at radius 2 is 1.90 bits per heavy atom. The number of nitrogens with zero attached hydrogens (tertiary/aromatic N) is 4. The SMILES string of the molecule is CCCN1CCC[C@H](CC(=O)C2CCC(Cc3nccc(-n4ccc5c(OCCCS(C)(=O)=O)cccc54)n3)CC2)C1. The third-order valence-corrected chi connectivity index (χ3v) is 9.98. The lowest BCUT2D eigenvalue weighted by Crippen LogP contribution is -2.37. The fourth-order valence-corrected chi connectivity index (χ4v) is 7.47. The fourth-order valence-electron chi connectivity index (χ4n) is 6.82. The van der Waals surface area contributed by atoms with Gasteiger partial charge in [0.05, 0.1) is 17.9 Å². The van der Waals surface area contributed by atoms with Crippen LogP contribution in [0.4, 0.5) is 0 Å². The second-order valence-corrected chi connectivity index (χ2v) is 14.7. The van der Waals surface area contributed by atoms with Crippen LogP contribution in [-0.4, -0.2) is 71.9 Å². The second kappa shape index (κ2) is 14.1. The number of hydrogen-bond donors (Lipinski definition) is 0. The number of ether oxygens (including phenoxy) is 1. The maximum absolute atomic E-state index is 13.1. The number of hydrogen-bond acceptors (Lipinski definition) is 7. The minimum Gasteiger partial charge on any atom is -0.493 e. The van der Waals surface area contributed by atoms with Gasteiger partial charge in [-0.3, -0.25) is 4.79 Å². The number of benzene rings is 1. The highest BCUT2D eigenvalue weighted by Gasteiger charge is 2.29. The van der Waals surface area contributed by atoms with E-state index in [9.17, 15) is 13.2 Å². The predicted octanol–water partition coefficient (Wildman–Crippen LogP) is 5.66. The first kappa shape index (κ1) is 30.7. The Labute approximate surface area is 250 Å². The molecule has 0 bridgehead atoms. The second-order valence-electron chi connectivity index (χ2n) is 12.4. The standard InChI is InChI=1S/C33H46N4O4S/c1-3-17-36-18-5-7-26(24-36)22-30(38)27-12-10-25(11-13-27)23-32-34-16-14-33(35-32)37-19-15-28-29(37)8-4-9-31(28)41-20-6-21-42(2,39)40/h4,8-9,14-16,19,25-27H,3,5-7,10-13,17-18,20-24H2,1-2H3/t25?,26-,27?/m1/s1. The lowest BCUT2D eigenvalue weighted by Gasteiger charge is -2.33. The molecule has 2 aliphatic rings. The number of fused-ring (bicyclic) bond motifs is 1. The molecule has 0 N–H and O–H groups in total. The molecule has 2 aromatic heterocycles. The Morgan fingerprint density at radius 1 is 1.07 bits per heavy atom. The van der Waals surface area contributed by atoms with Crippen LogP contribution >= 0.6 is 0 Å². The third-order valence-electron chi connectivity index (χ3n) is 8.95. The number of ketones is 1. The average molecular weight is 595 g/mol. The number of sulfone groups is 1. The molecule has 3 heterocycles. The van der Waals surface area contributed by atoms with E-state index in [2.05, 4.69) is 16.8 Å². The van der Waals surface area contributed by atoms with Gasteiger partial charge in [0.2, 0.25) is 0 Å². The number of likely N-dealkylation sites (tertiary alicyclic amines) is 1. The maximum atomic E-state index is 13.1. The molecule has 1 aliphatic heterocycles. The van der Waals surface area contributed by atoms with Crippen molar-refractivity contribution in [3.8, 4) is 11.6 Å². The molecule has 1 saturated heterocycles. The van der Waals surface area contributed by atoms with Crippen LogP contribution in [0.3, 0.4) is 0 Å². The molecular weight excluding hydrogens is 548 g/mol. The summed E-state index contributed by atoms with van der Waals surface area (Å²) in [7, 11) is -3.00. The molecule has 0 spiro atoms. The summed E-state index contributed by atoms with van der Waals surface area (Å²) in [6.07, 6.45) is 14.8. The first-order valence-corrected chi connectivity index (χ1v) is 17.8. The van der Waals surface area contributed by atoms with Crippen LogP contribution in [0, 0.1) is 17.8 Å². The van der Waals surface area contributed by atoms with Gasteiger partial charge in [-0.25, -0.2) is 18.4 Å². The van der Waals surface area contributed by atoms with E-state index in [4.69, 9.17) is 9.72 Å². The van der Waals surface area contributed by atoms with Crippen molar-refractivity contribution in [3.05, 3.63) is 48.5 Å². The summed E-state index contributed by atoms with van der Waals surface area (Å²) in [5.41, 5.74) is 0.982. The summed E-state index contributed by atoms with van der Waals surface area (Å²) >= 11 is 0. The largest absolute Gasteiger partial charge is 0.493 e. The summed E-state index contributed by atoms with van der Waals surface area (Å²) in [5.74, 6) is 4.28. The van der Waals surface area contributed by atoms with Crippen LogP contribution in [0.15, 0.2) is 42.7 Å². The van der Waals surface area contributed by atoms with Gasteiger partial charge in [-0.1, -0.05) is 13.0 Å². The van der Waals surface area contributed by atoms with Gasteiger partial charge < -0.3 is 14.2 Å². The van der Waals surface area contributed by atoms with E-state index < -0.39 is 9.84 Å². The summed E-state index contributed by atoms with van der Waals surface area (Å²) < 4.78 is 30.8. The van der Waals surface area contributed by atoms with Crippen molar-refractivity contribution in [2.75, 3.05) is 38.2 Å². The Kier molecular flexibility index (Phi) is 10.3. The number of carbonyl (C=O) groups excluding carboxylic acids is 1. The minimum absolute atomic E-state index is 0.115. The van der Waals surface area contributed by atoms with Gasteiger partial charge in [0.25, 0.3) is 0 Å². The highest BCUT2D eigenvalue weighted by molar-refractivity contribution is 7.90. The molecule has 9 heteroatoms. The van der Waals surface area contributed by atoms with Gasteiger partial charge in [-0.2, -0.15) is 0 Å². The summed E-state index contributed by atoms with van der Waals surface area (Å²) in [4.78, 5) is 25.2. The molecule has 0 radical (unpaired) electrons. The number of carbonyl (C=O) groups is 1. The average Bonchev–Trinajstić information content (AvgIpc) is 3.41. The number of piperidine rings is 1. The molecule has 8 nitrogen and oxygen atoms in total. The van der Waals surface area contributed by atoms with E-state index in [0.29, 0.717) is 30.6 Å². The maximum Gasteiger partial charge on any atom is 0.147 e. The minimum atomic E-state index is -3.00. The molecule has 1 atom stereocenters. The highest BCUT2D eigenvalue weighted by Crippen LogP contribution is 2.34. The molecule has 228 valence electrons. The van der Waals surface area contributed by atoms with Crippen LogP contribution in [-0.2, 0) is 21.1 Å². The van der Waals surface area contributed by atoms with Crippen LogP contribution in [0.5, 0.6) is 5.75 Å².